The van der Waals surface area contributed by atoms with Gasteiger partial charge in [0.25, 0.3) is 0 Å². The third-order valence-electron chi connectivity index (χ3n) is 3.82. The number of nitrogens with zero attached hydrogens (tertiary/aromatic N) is 2. The highest BCUT2D eigenvalue weighted by molar-refractivity contribution is 14.0. The largest absolute Gasteiger partial charge is 0.381 e. The molecule has 1 amide bonds. The van der Waals surface area contributed by atoms with Crippen molar-refractivity contribution in [1.29, 1.82) is 0 Å². The molecule has 0 saturated heterocycles. The van der Waals surface area contributed by atoms with Crippen LogP contribution in [0.3, 0.4) is 0 Å². The van der Waals surface area contributed by atoms with E-state index in [2.05, 4.69) is 34.7 Å². The second kappa shape index (κ2) is 16.8. The van der Waals surface area contributed by atoms with Crippen LogP contribution in [0.15, 0.2) is 35.3 Å². The van der Waals surface area contributed by atoms with E-state index in [1.165, 1.54) is 5.56 Å². The average Bonchev–Trinajstić information content (AvgIpc) is 2.65. The number of carbonyl (C=O) groups is 1. The number of likely N-dealkylation sites (N-methyl/N-ethyl adjacent to an activating group) is 1. The van der Waals surface area contributed by atoms with Crippen LogP contribution in [0.2, 0.25) is 0 Å². The molecule has 0 radical (unpaired) electrons. The highest BCUT2D eigenvalue weighted by Gasteiger charge is 2.04. The number of nitrogens with one attached hydrogen (secondary N) is 2. The second-order valence-corrected chi connectivity index (χ2v) is 6.36. The maximum atomic E-state index is 11.8. The number of ether oxygens (including phenoxy) is 1. The van der Waals surface area contributed by atoms with Gasteiger partial charge in [0, 0.05) is 40.4 Å². The highest BCUT2D eigenvalue weighted by Crippen LogP contribution is 1.98. The van der Waals surface area contributed by atoms with Crippen molar-refractivity contribution < 1.29 is 9.53 Å². The van der Waals surface area contributed by atoms with Gasteiger partial charge in [-0.3, -0.25) is 4.79 Å². The zero-order valence-electron chi connectivity index (χ0n) is 16.9. The minimum Gasteiger partial charge on any atom is -0.381 e. The Morgan fingerprint density at radius 1 is 1.07 bits per heavy atom. The number of benzene rings is 1. The van der Waals surface area contributed by atoms with Crippen LogP contribution in [-0.2, 0) is 16.0 Å². The number of amides is 1. The Bertz CT molecular complexity index is 524. The van der Waals surface area contributed by atoms with Crippen LogP contribution in [0, 0.1) is 0 Å². The Morgan fingerprint density at radius 2 is 1.74 bits per heavy atom. The van der Waals surface area contributed by atoms with E-state index in [1.54, 1.807) is 19.0 Å². The van der Waals surface area contributed by atoms with Gasteiger partial charge in [-0.2, -0.15) is 0 Å². The van der Waals surface area contributed by atoms with E-state index in [9.17, 15) is 4.79 Å². The predicted octanol–water partition coefficient (Wildman–Crippen LogP) is 2.68. The van der Waals surface area contributed by atoms with Gasteiger partial charge in [0.1, 0.15) is 6.54 Å². The molecule has 0 spiro atoms. The molecule has 27 heavy (non-hydrogen) atoms. The van der Waals surface area contributed by atoms with E-state index in [-0.39, 0.29) is 36.4 Å². The monoisotopic (exact) mass is 490 g/mol. The first kappa shape index (κ1) is 25.6. The van der Waals surface area contributed by atoms with E-state index in [0.717, 1.165) is 52.0 Å². The van der Waals surface area contributed by atoms with Crippen molar-refractivity contribution in [2.45, 2.75) is 32.6 Å². The van der Waals surface area contributed by atoms with E-state index >= 15 is 0 Å². The van der Waals surface area contributed by atoms with Crippen molar-refractivity contribution in [3.05, 3.63) is 35.9 Å². The minimum atomic E-state index is -0.0166. The van der Waals surface area contributed by atoms with Crippen LogP contribution in [0.5, 0.6) is 0 Å². The van der Waals surface area contributed by atoms with Crippen LogP contribution in [0.25, 0.3) is 0 Å². The fourth-order valence-electron chi connectivity index (χ4n) is 2.16. The van der Waals surface area contributed by atoms with Crippen LogP contribution in [0.4, 0.5) is 0 Å². The fraction of sp³-hybridized carbons (Fsp3) is 0.600. The van der Waals surface area contributed by atoms with Crippen molar-refractivity contribution in [2.24, 2.45) is 4.99 Å². The maximum absolute atomic E-state index is 11.8. The van der Waals surface area contributed by atoms with Crippen LogP contribution < -0.4 is 10.6 Å². The lowest BCUT2D eigenvalue weighted by molar-refractivity contribution is -0.127. The molecular formula is C20H35IN4O2. The van der Waals surface area contributed by atoms with Gasteiger partial charge in [0.05, 0.1) is 0 Å². The molecule has 0 atom stereocenters. The lowest BCUT2D eigenvalue weighted by Gasteiger charge is -2.14. The number of guanidine groups is 1. The summed E-state index contributed by atoms with van der Waals surface area (Å²) in [4.78, 5) is 17.7. The Labute approximate surface area is 181 Å². The summed E-state index contributed by atoms with van der Waals surface area (Å²) in [6, 6.07) is 10.3. The van der Waals surface area contributed by atoms with Crippen LogP contribution >= 0.6 is 24.0 Å². The molecule has 1 rings (SSSR count). The SMILES string of the molecule is CCCCOCCCNC(=NCC(=O)N(C)C)NCCc1ccccc1.I. The Balaban J connectivity index is 0.00000676. The number of unbranched alkanes of at least 4 members (excludes halogenated alkanes) is 1. The summed E-state index contributed by atoms with van der Waals surface area (Å²) in [6.07, 6.45) is 4.07. The molecule has 0 aliphatic carbocycles. The van der Waals surface area contributed by atoms with Crippen molar-refractivity contribution in [3.8, 4) is 0 Å². The smallest absolute Gasteiger partial charge is 0.243 e. The standard InChI is InChI=1S/C20H34N4O2.HI/c1-4-5-15-26-16-9-13-21-20(23-17-19(25)24(2)3)22-14-12-18-10-7-6-8-11-18;/h6-8,10-11H,4-5,9,12-17H2,1-3H3,(H2,21,22,23);1H. The quantitative estimate of drug-likeness (QED) is 0.205. The number of aliphatic imine (C=N–C) groups is 1. The Morgan fingerprint density at radius 3 is 2.41 bits per heavy atom. The molecule has 2 N–H and O–H groups in total. The first-order chi connectivity index (χ1) is 12.6. The average molecular weight is 490 g/mol. The lowest BCUT2D eigenvalue weighted by atomic mass is 10.1. The number of carbonyl (C=O) groups excluding carboxylic acids is 1. The lowest BCUT2D eigenvalue weighted by Crippen LogP contribution is -2.40. The zero-order valence-corrected chi connectivity index (χ0v) is 19.2. The van der Waals surface area contributed by atoms with Gasteiger partial charge < -0.3 is 20.3 Å². The summed E-state index contributed by atoms with van der Waals surface area (Å²) in [5.74, 6) is 0.654. The topological polar surface area (TPSA) is 66.0 Å². The number of rotatable bonds is 12. The van der Waals surface area contributed by atoms with Gasteiger partial charge in [0.15, 0.2) is 5.96 Å². The summed E-state index contributed by atoms with van der Waals surface area (Å²) in [6.45, 7) is 5.38. The van der Waals surface area contributed by atoms with Gasteiger partial charge in [-0.15, -0.1) is 24.0 Å². The van der Waals surface area contributed by atoms with Crippen LogP contribution in [0.1, 0.15) is 31.7 Å². The minimum absolute atomic E-state index is 0. The third-order valence-corrected chi connectivity index (χ3v) is 3.82. The van der Waals surface area contributed by atoms with Crippen LogP contribution in [-0.4, -0.2) is 63.7 Å². The van der Waals surface area contributed by atoms with Gasteiger partial charge in [-0.25, -0.2) is 4.99 Å². The number of hydrogen-bond donors (Lipinski definition) is 2. The molecule has 0 heterocycles. The normalized spacial score (nSPS) is 10.9. The molecule has 0 aliphatic rings. The molecule has 0 saturated carbocycles. The molecule has 0 unspecified atom stereocenters. The highest BCUT2D eigenvalue weighted by atomic mass is 127. The molecule has 0 bridgehead atoms. The Hall–Kier alpha value is -1.35. The maximum Gasteiger partial charge on any atom is 0.243 e. The summed E-state index contributed by atoms with van der Waals surface area (Å²) >= 11 is 0. The third kappa shape index (κ3) is 13.5. The molecule has 6 nitrogen and oxygen atoms in total. The van der Waals surface area contributed by atoms with Crippen molar-refractivity contribution in [3.63, 3.8) is 0 Å². The van der Waals surface area contributed by atoms with Gasteiger partial charge in [0.2, 0.25) is 5.91 Å². The molecule has 7 heteroatoms. The first-order valence-corrected chi connectivity index (χ1v) is 9.47. The summed E-state index contributed by atoms with van der Waals surface area (Å²) in [7, 11) is 3.48. The molecule has 154 valence electrons. The van der Waals surface area contributed by atoms with E-state index in [0.29, 0.717) is 5.96 Å². The molecule has 1 aromatic carbocycles. The second-order valence-electron chi connectivity index (χ2n) is 6.36. The van der Waals surface area contributed by atoms with E-state index in [4.69, 9.17) is 4.74 Å². The van der Waals surface area contributed by atoms with E-state index in [1.807, 2.05) is 18.2 Å². The van der Waals surface area contributed by atoms with Gasteiger partial charge in [-0.1, -0.05) is 43.7 Å². The van der Waals surface area contributed by atoms with Crippen molar-refractivity contribution >= 4 is 35.8 Å². The number of halogens is 1. The molecule has 0 aliphatic heterocycles. The zero-order chi connectivity index (χ0) is 19.0. The summed E-state index contributed by atoms with van der Waals surface area (Å²) in [5, 5.41) is 6.58. The van der Waals surface area contributed by atoms with E-state index < -0.39 is 0 Å². The fourth-order valence-corrected chi connectivity index (χ4v) is 2.16. The molecule has 0 aromatic heterocycles. The molecular weight excluding hydrogens is 455 g/mol. The Kier molecular flexibility index (Phi) is 16.0. The van der Waals surface area contributed by atoms with Gasteiger partial charge in [-0.05, 0) is 24.8 Å². The van der Waals surface area contributed by atoms with Crippen molar-refractivity contribution in [1.82, 2.24) is 15.5 Å². The first-order valence-electron chi connectivity index (χ1n) is 9.47. The molecule has 1 aromatic rings. The summed E-state index contributed by atoms with van der Waals surface area (Å²) < 4.78 is 5.56. The molecule has 0 fully saturated rings. The van der Waals surface area contributed by atoms with Gasteiger partial charge >= 0.3 is 0 Å². The summed E-state index contributed by atoms with van der Waals surface area (Å²) in [5.41, 5.74) is 1.27. The van der Waals surface area contributed by atoms with Crippen molar-refractivity contribution in [2.75, 3.05) is 46.9 Å². The number of hydrogen-bond acceptors (Lipinski definition) is 3. The predicted molar refractivity (Wildman–Crippen MR) is 123 cm³/mol.